The van der Waals surface area contributed by atoms with Crippen LogP contribution in [0.3, 0.4) is 0 Å². The maximum atomic E-state index is 11.0. The van der Waals surface area contributed by atoms with Gasteiger partial charge in [-0.25, -0.2) is 0 Å². The van der Waals surface area contributed by atoms with Crippen molar-refractivity contribution >= 4 is 5.78 Å². The quantitative estimate of drug-likeness (QED) is 0.710. The standard InChI is InChI=1S/C9H10O2.C2H6/c1-2-9(11)7-3-5-8(10)6-4-7;1-2/h3-6,10H,2H2,1H3;1-2H3. The summed E-state index contributed by atoms with van der Waals surface area (Å²) in [5, 5.41) is 8.90. The van der Waals surface area contributed by atoms with Crippen molar-refractivity contribution in [2.24, 2.45) is 0 Å². The summed E-state index contributed by atoms with van der Waals surface area (Å²) in [4.78, 5) is 11.0. The van der Waals surface area contributed by atoms with Crippen LogP contribution in [0.2, 0.25) is 0 Å². The number of carbonyl (C=O) groups is 1. The van der Waals surface area contributed by atoms with Gasteiger partial charge < -0.3 is 5.11 Å². The summed E-state index contributed by atoms with van der Waals surface area (Å²) in [5.41, 5.74) is 0.658. The zero-order chi connectivity index (χ0) is 10.3. The molecule has 0 aliphatic rings. The fourth-order valence-corrected chi connectivity index (χ4v) is 0.851. The molecule has 0 saturated heterocycles. The predicted molar refractivity (Wildman–Crippen MR) is 54.1 cm³/mol. The smallest absolute Gasteiger partial charge is 0.162 e. The van der Waals surface area contributed by atoms with Gasteiger partial charge in [-0.15, -0.1) is 0 Å². The van der Waals surface area contributed by atoms with Crippen LogP contribution in [-0.2, 0) is 0 Å². The lowest BCUT2D eigenvalue weighted by molar-refractivity contribution is 0.0988. The zero-order valence-corrected chi connectivity index (χ0v) is 8.37. The van der Waals surface area contributed by atoms with E-state index in [2.05, 4.69) is 0 Å². The minimum absolute atomic E-state index is 0.102. The molecule has 2 nitrogen and oxygen atoms in total. The number of carbonyl (C=O) groups excluding carboxylic acids is 1. The molecule has 1 N–H and O–H groups in total. The van der Waals surface area contributed by atoms with Gasteiger partial charge in [-0.05, 0) is 24.3 Å². The number of aromatic hydroxyl groups is 1. The molecule has 0 atom stereocenters. The summed E-state index contributed by atoms with van der Waals surface area (Å²) in [6.07, 6.45) is 0.505. The Bertz CT molecular complexity index is 249. The van der Waals surface area contributed by atoms with Gasteiger partial charge in [-0.2, -0.15) is 0 Å². The van der Waals surface area contributed by atoms with Crippen molar-refractivity contribution in [1.82, 2.24) is 0 Å². The van der Waals surface area contributed by atoms with Gasteiger partial charge in [0, 0.05) is 12.0 Å². The number of ketones is 1. The Morgan fingerprint density at radius 1 is 1.23 bits per heavy atom. The molecule has 0 aliphatic heterocycles. The van der Waals surface area contributed by atoms with Crippen molar-refractivity contribution in [2.75, 3.05) is 0 Å². The second-order valence-corrected chi connectivity index (χ2v) is 2.32. The first kappa shape index (κ1) is 11.7. The van der Waals surface area contributed by atoms with Gasteiger partial charge in [0.25, 0.3) is 0 Å². The van der Waals surface area contributed by atoms with E-state index in [-0.39, 0.29) is 11.5 Å². The molecule has 13 heavy (non-hydrogen) atoms. The summed E-state index contributed by atoms with van der Waals surface area (Å²) in [5.74, 6) is 0.294. The van der Waals surface area contributed by atoms with E-state index < -0.39 is 0 Å². The van der Waals surface area contributed by atoms with E-state index in [1.165, 1.54) is 12.1 Å². The zero-order valence-electron chi connectivity index (χ0n) is 8.37. The second-order valence-electron chi connectivity index (χ2n) is 2.32. The third-order valence-electron chi connectivity index (χ3n) is 1.51. The summed E-state index contributed by atoms with van der Waals surface area (Å²) in [7, 11) is 0. The normalized spacial score (nSPS) is 8.54. The van der Waals surface area contributed by atoms with E-state index in [0.717, 1.165) is 0 Å². The van der Waals surface area contributed by atoms with E-state index in [9.17, 15) is 4.79 Å². The number of phenolic OH excluding ortho intramolecular Hbond substituents is 1. The van der Waals surface area contributed by atoms with Crippen LogP contribution in [0.15, 0.2) is 24.3 Å². The first-order valence-corrected chi connectivity index (χ1v) is 4.56. The number of hydrogen-bond acceptors (Lipinski definition) is 2. The highest BCUT2D eigenvalue weighted by Crippen LogP contribution is 2.10. The molecule has 0 radical (unpaired) electrons. The SMILES string of the molecule is CC.CCC(=O)c1ccc(O)cc1. The Morgan fingerprint density at radius 2 is 1.69 bits per heavy atom. The van der Waals surface area contributed by atoms with Crippen LogP contribution in [0.4, 0.5) is 0 Å². The molecule has 0 saturated carbocycles. The van der Waals surface area contributed by atoms with Gasteiger partial charge in [-0.3, -0.25) is 4.79 Å². The summed E-state index contributed by atoms with van der Waals surface area (Å²) in [6, 6.07) is 6.29. The molecule has 72 valence electrons. The lowest BCUT2D eigenvalue weighted by Crippen LogP contribution is -1.94. The number of phenols is 1. The maximum absolute atomic E-state index is 11.0. The summed E-state index contributed by atoms with van der Waals surface area (Å²) in [6.45, 7) is 5.81. The lowest BCUT2D eigenvalue weighted by atomic mass is 10.1. The fourth-order valence-electron chi connectivity index (χ4n) is 0.851. The van der Waals surface area contributed by atoms with E-state index >= 15 is 0 Å². The van der Waals surface area contributed by atoms with E-state index in [4.69, 9.17) is 5.11 Å². The van der Waals surface area contributed by atoms with Crippen LogP contribution >= 0.6 is 0 Å². The molecule has 0 aromatic heterocycles. The van der Waals surface area contributed by atoms with Gasteiger partial charge in [0.1, 0.15) is 5.75 Å². The molecule has 1 aromatic rings. The lowest BCUT2D eigenvalue weighted by Gasteiger charge is -1.96. The van der Waals surface area contributed by atoms with Crippen LogP contribution in [0.25, 0.3) is 0 Å². The third kappa shape index (κ3) is 3.74. The second kappa shape index (κ2) is 6.23. The molecule has 0 unspecified atom stereocenters. The van der Waals surface area contributed by atoms with Crippen LogP contribution in [0, 0.1) is 0 Å². The van der Waals surface area contributed by atoms with E-state index in [1.54, 1.807) is 12.1 Å². The molecule has 0 fully saturated rings. The van der Waals surface area contributed by atoms with Crippen molar-refractivity contribution in [3.8, 4) is 5.75 Å². The van der Waals surface area contributed by atoms with Crippen molar-refractivity contribution in [3.05, 3.63) is 29.8 Å². The fraction of sp³-hybridized carbons (Fsp3) is 0.364. The van der Waals surface area contributed by atoms with E-state index in [0.29, 0.717) is 12.0 Å². The Kier molecular flexibility index (Phi) is 5.60. The Hall–Kier alpha value is -1.31. The van der Waals surface area contributed by atoms with Crippen molar-refractivity contribution in [3.63, 3.8) is 0 Å². The first-order chi connectivity index (χ1) is 6.24. The topological polar surface area (TPSA) is 37.3 Å². The third-order valence-corrected chi connectivity index (χ3v) is 1.51. The monoisotopic (exact) mass is 180 g/mol. The van der Waals surface area contributed by atoms with Crippen LogP contribution in [-0.4, -0.2) is 10.9 Å². The summed E-state index contributed by atoms with van der Waals surface area (Å²) >= 11 is 0. The van der Waals surface area contributed by atoms with Crippen molar-refractivity contribution in [1.29, 1.82) is 0 Å². The average Bonchev–Trinajstić information content (AvgIpc) is 2.21. The average molecular weight is 180 g/mol. The number of rotatable bonds is 2. The number of hydrogen-bond donors (Lipinski definition) is 1. The highest BCUT2D eigenvalue weighted by atomic mass is 16.3. The minimum atomic E-state index is 0.102. The van der Waals surface area contributed by atoms with E-state index in [1.807, 2.05) is 20.8 Å². The van der Waals surface area contributed by atoms with Crippen LogP contribution in [0.5, 0.6) is 5.75 Å². The number of benzene rings is 1. The molecule has 0 amide bonds. The number of Topliss-reactive ketones (excluding diaryl/α,β-unsaturated/α-hetero) is 1. The molecule has 2 heteroatoms. The van der Waals surface area contributed by atoms with Crippen molar-refractivity contribution in [2.45, 2.75) is 27.2 Å². The van der Waals surface area contributed by atoms with Gasteiger partial charge in [-0.1, -0.05) is 20.8 Å². The molecule has 0 aliphatic carbocycles. The van der Waals surface area contributed by atoms with Gasteiger partial charge >= 0.3 is 0 Å². The van der Waals surface area contributed by atoms with Crippen molar-refractivity contribution < 1.29 is 9.90 Å². The molecule has 1 aromatic carbocycles. The summed E-state index contributed by atoms with van der Waals surface area (Å²) < 4.78 is 0. The van der Waals surface area contributed by atoms with Gasteiger partial charge in [0.15, 0.2) is 5.78 Å². The largest absolute Gasteiger partial charge is 0.508 e. The first-order valence-electron chi connectivity index (χ1n) is 4.56. The molecular weight excluding hydrogens is 164 g/mol. The minimum Gasteiger partial charge on any atom is -0.508 e. The predicted octanol–water partition coefficient (Wildman–Crippen LogP) is 3.01. The molecule has 0 spiro atoms. The Labute approximate surface area is 79.2 Å². The molecule has 0 heterocycles. The molecule has 0 bridgehead atoms. The van der Waals surface area contributed by atoms with Gasteiger partial charge in [0.2, 0.25) is 0 Å². The van der Waals surface area contributed by atoms with Gasteiger partial charge in [0.05, 0.1) is 0 Å². The molecular formula is C11H16O2. The highest BCUT2D eigenvalue weighted by Gasteiger charge is 2.00. The van der Waals surface area contributed by atoms with Crippen LogP contribution < -0.4 is 0 Å². The highest BCUT2D eigenvalue weighted by molar-refractivity contribution is 5.95. The Morgan fingerprint density at radius 3 is 2.08 bits per heavy atom. The Balaban J connectivity index is 0.000000671. The maximum Gasteiger partial charge on any atom is 0.162 e. The molecule has 1 rings (SSSR count). The van der Waals surface area contributed by atoms with Crippen LogP contribution in [0.1, 0.15) is 37.6 Å².